The van der Waals surface area contributed by atoms with Crippen LogP contribution in [0.2, 0.25) is 0 Å². The first-order chi connectivity index (χ1) is 8.70. The molecular weight excluding hydrogens is 230 g/mol. The first-order valence-electron chi connectivity index (χ1n) is 6.60. The van der Waals surface area contributed by atoms with Gasteiger partial charge in [0.25, 0.3) is 5.91 Å². The van der Waals surface area contributed by atoms with Gasteiger partial charge in [-0.05, 0) is 38.1 Å². The van der Waals surface area contributed by atoms with Crippen LogP contribution in [0.1, 0.15) is 35.5 Å². The Hall–Kier alpha value is -1.36. The number of carbonyl (C=O) groups is 1. The number of nitrogens with zero attached hydrogens (tertiary/aromatic N) is 2. The predicted molar refractivity (Wildman–Crippen MR) is 66.3 cm³/mol. The fraction of sp³-hybridized carbons (Fsp3) is 0.692. The summed E-state index contributed by atoms with van der Waals surface area (Å²) in [7, 11) is 0. The van der Waals surface area contributed by atoms with Crippen LogP contribution in [0.15, 0.2) is 10.8 Å². The molecule has 1 N–H and O–H groups in total. The van der Waals surface area contributed by atoms with Crippen molar-refractivity contribution in [2.75, 3.05) is 26.2 Å². The number of hydrogen-bond donors (Lipinski definition) is 1. The van der Waals surface area contributed by atoms with E-state index in [1.54, 1.807) is 0 Å². The molecule has 1 spiro atoms. The van der Waals surface area contributed by atoms with E-state index in [0.29, 0.717) is 16.9 Å². The van der Waals surface area contributed by atoms with Gasteiger partial charge in [0.15, 0.2) is 6.39 Å². The highest BCUT2D eigenvalue weighted by Crippen LogP contribution is 2.37. The molecule has 0 atom stereocenters. The van der Waals surface area contributed by atoms with E-state index in [0.717, 1.165) is 39.0 Å². The normalized spacial score (nSPS) is 22.6. The molecule has 0 aromatic carbocycles. The maximum absolute atomic E-state index is 12.3. The molecule has 0 bridgehead atoms. The number of rotatable bonds is 1. The SMILES string of the molecule is Cc1ncoc1C(=O)N1CCC2(CCNC2)CC1. The molecule has 0 saturated carbocycles. The minimum absolute atomic E-state index is 0.00851. The zero-order chi connectivity index (χ0) is 12.6. The number of piperidine rings is 1. The first kappa shape index (κ1) is 11.7. The molecule has 2 saturated heterocycles. The third-order valence-corrected chi connectivity index (χ3v) is 4.38. The molecule has 2 aliphatic heterocycles. The molecule has 1 aromatic heterocycles. The lowest BCUT2D eigenvalue weighted by Crippen LogP contribution is -2.44. The van der Waals surface area contributed by atoms with E-state index in [1.165, 1.54) is 12.8 Å². The molecule has 0 aliphatic carbocycles. The van der Waals surface area contributed by atoms with Crippen LogP contribution in [0.3, 0.4) is 0 Å². The highest BCUT2D eigenvalue weighted by molar-refractivity contribution is 5.92. The number of amides is 1. The van der Waals surface area contributed by atoms with Crippen molar-refractivity contribution < 1.29 is 9.21 Å². The van der Waals surface area contributed by atoms with E-state index >= 15 is 0 Å². The highest BCUT2D eigenvalue weighted by atomic mass is 16.3. The van der Waals surface area contributed by atoms with E-state index in [-0.39, 0.29) is 5.91 Å². The van der Waals surface area contributed by atoms with Crippen molar-refractivity contribution in [3.8, 4) is 0 Å². The van der Waals surface area contributed by atoms with E-state index in [4.69, 9.17) is 4.42 Å². The van der Waals surface area contributed by atoms with Gasteiger partial charge in [0.1, 0.15) is 0 Å². The van der Waals surface area contributed by atoms with E-state index in [1.807, 2.05) is 11.8 Å². The van der Waals surface area contributed by atoms with Crippen molar-refractivity contribution in [1.29, 1.82) is 0 Å². The average molecular weight is 249 g/mol. The first-order valence-corrected chi connectivity index (χ1v) is 6.60. The molecule has 0 unspecified atom stereocenters. The topological polar surface area (TPSA) is 58.4 Å². The van der Waals surface area contributed by atoms with Gasteiger partial charge in [-0.3, -0.25) is 4.79 Å². The monoisotopic (exact) mass is 249 g/mol. The summed E-state index contributed by atoms with van der Waals surface area (Å²) in [6.07, 6.45) is 4.78. The van der Waals surface area contributed by atoms with Crippen LogP contribution < -0.4 is 5.32 Å². The summed E-state index contributed by atoms with van der Waals surface area (Å²) >= 11 is 0. The highest BCUT2D eigenvalue weighted by Gasteiger charge is 2.38. The Labute approximate surface area is 107 Å². The smallest absolute Gasteiger partial charge is 0.291 e. The molecule has 5 nitrogen and oxygen atoms in total. The molecule has 2 aliphatic rings. The van der Waals surface area contributed by atoms with Gasteiger partial charge in [0, 0.05) is 19.6 Å². The van der Waals surface area contributed by atoms with Crippen LogP contribution >= 0.6 is 0 Å². The second kappa shape index (κ2) is 4.39. The Morgan fingerprint density at radius 3 is 2.78 bits per heavy atom. The van der Waals surface area contributed by atoms with E-state index < -0.39 is 0 Å². The quantitative estimate of drug-likeness (QED) is 0.812. The Morgan fingerprint density at radius 1 is 1.44 bits per heavy atom. The molecule has 2 fully saturated rings. The van der Waals surface area contributed by atoms with Gasteiger partial charge in [0.2, 0.25) is 5.76 Å². The Bertz CT molecular complexity index is 439. The van der Waals surface area contributed by atoms with Crippen LogP contribution in [-0.2, 0) is 0 Å². The third kappa shape index (κ3) is 1.92. The van der Waals surface area contributed by atoms with Gasteiger partial charge in [-0.1, -0.05) is 0 Å². The Balaban J connectivity index is 1.66. The molecule has 5 heteroatoms. The standard InChI is InChI=1S/C13H19N3O2/c1-10-11(18-9-15-10)12(17)16-6-3-13(4-7-16)2-5-14-8-13/h9,14H,2-8H2,1H3. The number of aromatic nitrogens is 1. The van der Waals surface area contributed by atoms with Gasteiger partial charge >= 0.3 is 0 Å². The summed E-state index contributed by atoms with van der Waals surface area (Å²) in [5.74, 6) is 0.390. The van der Waals surface area contributed by atoms with Crippen molar-refractivity contribution >= 4 is 5.91 Å². The van der Waals surface area contributed by atoms with Crippen LogP contribution in [0.5, 0.6) is 0 Å². The fourth-order valence-electron chi connectivity index (χ4n) is 3.06. The van der Waals surface area contributed by atoms with Gasteiger partial charge in [-0.15, -0.1) is 0 Å². The second-order valence-electron chi connectivity index (χ2n) is 5.49. The van der Waals surface area contributed by atoms with Crippen molar-refractivity contribution in [3.05, 3.63) is 17.8 Å². The second-order valence-corrected chi connectivity index (χ2v) is 5.49. The minimum Gasteiger partial charge on any atom is -0.438 e. The molecule has 1 aromatic rings. The van der Waals surface area contributed by atoms with Gasteiger partial charge in [0.05, 0.1) is 5.69 Å². The largest absolute Gasteiger partial charge is 0.438 e. The summed E-state index contributed by atoms with van der Waals surface area (Å²) in [6, 6.07) is 0. The van der Waals surface area contributed by atoms with Crippen LogP contribution in [-0.4, -0.2) is 42.0 Å². The molecule has 18 heavy (non-hydrogen) atoms. The molecule has 3 rings (SSSR count). The van der Waals surface area contributed by atoms with Gasteiger partial charge < -0.3 is 14.6 Å². The Kier molecular flexibility index (Phi) is 2.86. The maximum atomic E-state index is 12.3. The van der Waals surface area contributed by atoms with Crippen molar-refractivity contribution in [2.45, 2.75) is 26.2 Å². The number of oxazole rings is 1. The summed E-state index contributed by atoms with van der Waals surface area (Å²) in [5, 5.41) is 3.43. The van der Waals surface area contributed by atoms with Crippen molar-refractivity contribution in [3.63, 3.8) is 0 Å². The average Bonchev–Trinajstić information content (AvgIpc) is 2.99. The Morgan fingerprint density at radius 2 is 2.22 bits per heavy atom. The molecular formula is C13H19N3O2. The maximum Gasteiger partial charge on any atom is 0.291 e. The number of carbonyl (C=O) groups excluding carboxylic acids is 1. The van der Waals surface area contributed by atoms with Crippen LogP contribution in [0.4, 0.5) is 0 Å². The molecule has 98 valence electrons. The summed E-state index contributed by atoms with van der Waals surface area (Å²) in [4.78, 5) is 18.1. The summed E-state index contributed by atoms with van der Waals surface area (Å²) in [6.45, 7) is 5.70. The van der Waals surface area contributed by atoms with Crippen molar-refractivity contribution in [2.24, 2.45) is 5.41 Å². The number of aryl methyl sites for hydroxylation is 1. The van der Waals surface area contributed by atoms with E-state index in [9.17, 15) is 4.79 Å². The summed E-state index contributed by atoms with van der Waals surface area (Å²) in [5.41, 5.74) is 1.12. The summed E-state index contributed by atoms with van der Waals surface area (Å²) < 4.78 is 5.18. The predicted octanol–water partition coefficient (Wildman–Crippen LogP) is 1.20. The zero-order valence-electron chi connectivity index (χ0n) is 10.7. The van der Waals surface area contributed by atoms with E-state index in [2.05, 4.69) is 10.3 Å². The molecule has 3 heterocycles. The lowest BCUT2D eigenvalue weighted by Gasteiger charge is -2.38. The number of nitrogens with one attached hydrogen (secondary N) is 1. The minimum atomic E-state index is -0.00851. The third-order valence-electron chi connectivity index (χ3n) is 4.38. The lowest BCUT2D eigenvalue weighted by molar-refractivity contribution is 0.0576. The molecule has 0 radical (unpaired) electrons. The molecule has 1 amide bonds. The van der Waals surface area contributed by atoms with Gasteiger partial charge in [-0.25, -0.2) is 4.98 Å². The number of hydrogen-bond acceptors (Lipinski definition) is 4. The van der Waals surface area contributed by atoms with Crippen LogP contribution in [0.25, 0.3) is 0 Å². The van der Waals surface area contributed by atoms with Crippen molar-refractivity contribution in [1.82, 2.24) is 15.2 Å². The lowest BCUT2D eigenvalue weighted by atomic mass is 9.78. The zero-order valence-corrected chi connectivity index (χ0v) is 10.7. The van der Waals surface area contributed by atoms with Crippen LogP contribution in [0, 0.1) is 12.3 Å². The van der Waals surface area contributed by atoms with Gasteiger partial charge in [-0.2, -0.15) is 0 Å². The fourth-order valence-corrected chi connectivity index (χ4v) is 3.06. The number of likely N-dealkylation sites (tertiary alicyclic amines) is 1.